The van der Waals surface area contributed by atoms with Crippen LogP contribution < -0.4 is 5.32 Å². The second-order valence-corrected chi connectivity index (χ2v) is 5.17. The van der Waals surface area contributed by atoms with E-state index in [-0.39, 0.29) is 0 Å². The fourth-order valence-electron chi connectivity index (χ4n) is 1.94. The molecule has 0 bridgehead atoms. The van der Waals surface area contributed by atoms with Gasteiger partial charge in [0, 0.05) is 19.3 Å². The van der Waals surface area contributed by atoms with Gasteiger partial charge in [0.2, 0.25) is 0 Å². The molecule has 15 heavy (non-hydrogen) atoms. The van der Waals surface area contributed by atoms with E-state index in [0.717, 1.165) is 31.1 Å². The van der Waals surface area contributed by atoms with Crippen molar-refractivity contribution in [3.05, 3.63) is 0 Å². The molecule has 1 saturated carbocycles. The van der Waals surface area contributed by atoms with Gasteiger partial charge in [-0.3, -0.25) is 0 Å². The van der Waals surface area contributed by atoms with Crippen LogP contribution in [-0.2, 0) is 4.74 Å². The summed E-state index contributed by atoms with van der Waals surface area (Å²) in [5.41, 5.74) is 0. The van der Waals surface area contributed by atoms with Crippen LogP contribution in [0.1, 0.15) is 46.0 Å². The van der Waals surface area contributed by atoms with Gasteiger partial charge in [-0.15, -0.1) is 0 Å². The lowest BCUT2D eigenvalue weighted by Crippen LogP contribution is -2.27. The summed E-state index contributed by atoms with van der Waals surface area (Å²) in [7, 11) is 2.09. The number of ether oxygens (including phenoxy) is 1. The molecule has 1 N–H and O–H groups in total. The first-order chi connectivity index (χ1) is 7.24. The maximum absolute atomic E-state index is 5.61. The molecule has 0 aromatic carbocycles. The molecule has 2 heteroatoms. The lowest BCUT2D eigenvalue weighted by atomic mass is 10.1. The zero-order valence-electron chi connectivity index (χ0n) is 10.6. The Morgan fingerprint density at radius 3 is 2.47 bits per heavy atom. The molecule has 0 radical (unpaired) electrons. The molecule has 2 nitrogen and oxygen atoms in total. The van der Waals surface area contributed by atoms with E-state index in [9.17, 15) is 0 Å². The summed E-state index contributed by atoms with van der Waals surface area (Å²) in [6.07, 6.45) is 6.54. The average Bonchev–Trinajstić information content (AvgIpc) is 3.00. The molecule has 1 rings (SSSR count). The van der Waals surface area contributed by atoms with Gasteiger partial charge in [0.05, 0.1) is 0 Å². The second kappa shape index (κ2) is 7.24. The van der Waals surface area contributed by atoms with Crippen molar-refractivity contribution in [3.8, 4) is 0 Å². The number of rotatable bonds is 9. The van der Waals surface area contributed by atoms with Crippen molar-refractivity contribution in [2.75, 3.05) is 20.3 Å². The maximum Gasteiger partial charge on any atom is 0.0468 e. The Bertz CT molecular complexity index is 155. The van der Waals surface area contributed by atoms with Crippen LogP contribution in [-0.4, -0.2) is 26.3 Å². The van der Waals surface area contributed by atoms with E-state index in [1.807, 2.05) is 0 Å². The molecule has 0 heterocycles. The van der Waals surface area contributed by atoms with Crippen LogP contribution in [0, 0.1) is 11.8 Å². The summed E-state index contributed by atoms with van der Waals surface area (Å²) >= 11 is 0. The molecule has 0 aliphatic heterocycles. The molecule has 0 saturated heterocycles. The van der Waals surface area contributed by atoms with Crippen molar-refractivity contribution in [1.29, 1.82) is 0 Å². The molecule has 0 amide bonds. The number of hydrogen-bond acceptors (Lipinski definition) is 2. The Morgan fingerprint density at radius 2 is 1.93 bits per heavy atom. The lowest BCUT2D eigenvalue weighted by Gasteiger charge is -2.15. The molecule has 1 unspecified atom stereocenters. The quantitative estimate of drug-likeness (QED) is 0.595. The predicted octanol–water partition coefficient (Wildman–Crippen LogP) is 2.83. The van der Waals surface area contributed by atoms with Crippen LogP contribution in [0.2, 0.25) is 0 Å². The molecule has 1 aliphatic rings. The number of nitrogens with one attached hydrogen (secondary N) is 1. The topological polar surface area (TPSA) is 21.3 Å². The minimum atomic E-state index is 0.749. The van der Waals surface area contributed by atoms with E-state index in [0.29, 0.717) is 0 Å². The summed E-state index contributed by atoms with van der Waals surface area (Å²) in [4.78, 5) is 0. The molecule has 90 valence electrons. The van der Waals surface area contributed by atoms with Gasteiger partial charge in [-0.2, -0.15) is 0 Å². The van der Waals surface area contributed by atoms with E-state index in [4.69, 9.17) is 4.74 Å². The molecule has 1 atom stereocenters. The molecule has 1 aliphatic carbocycles. The third-order valence-electron chi connectivity index (χ3n) is 3.21. The molecule has 0 aromatic rings. The van der Waals surface area contributed by atoms with Crippen LogP contribution in [0.15, 0.2) is 0 Å². The van der Waals surface area contributed by atoms with E-state index in [1.54, 1.807) is 0 Å². The molecular weight excluding hydrogens is 186 g/mol. The second-order valence-electron chi connectivity index (χ2n) is 5.17. The van der Waals surface area contributed by atoms with Crippen molar-refractivity contribution >= 4 is 0 Å². The van der Waals surface area contributed by atoms with Gasteiger partial charge in [0.25, 0.3) is 0 Å². The summed E-state index contributed by atoms with van der Waals surface area (Å²) in [6.45, 7) is 6.36. The number of hydrogen-bond donors (Lipinski definition) is 1. The normalized spacial score (nSPS) is 18.4. The maximum atomic E-state index is 5.61. The first-order valence-electron chi connectivity index (χ1n) is 6.49. The fraction of sp³-hybridized carbons (Fsp3) is 1.00. The van der Waals surface area contributed by atoms with E-state index in [2.05, 4.69) is 26.2 Å². The first kappa shape index (κ1) is 13.0. The van der Waals surface area contributed by atoms with Gasteiger partial charge in [0.15, 0.2) is 0 Å². The third-order valence-corrected chi connectivity index (χ3v) is 3.21. The highest BCUT2D eigenvalue weighted by Crippen LogP contribution is 2.34. The zero-order valence-corrected chi connectivity index (χ0v) is 10.6. The van der Waals surface area contributed by atoms with Gasteiger partial charge < -0.3 is 10.1 Å². The van der Waals surface area contributed by atoms with Crippen molar-refractivity contribution in [3.63, 3.8) is 0 Å². The van der Waals surface area contributed by atoms with Gasteiger partial charge in [-0.1, -0.05) is 13.8 Å². The molecule has 1 fully saturated rings. The highest BCUT2D eigenvalue weighted by molar-refractivity contribution is 4.85. The van der Waals surface area contributed by atoms with Crippen LogP contribution in [0.25, 0.3) is 0 Å². The molecule has 0 spiro atoms. The average molecular weight is 213 g/mol. The first-order valence-corrected chi connectivity index (χ1v) is 6.49. The lowest BCUT2D eigenvalue weighted by molar-refractivity contribution is 0.117. The third kappa shape index (κ3) is 6.16. The summed E-state index contributed by atoms with van der Waals surface area (Å²) in [5, 5.41) is 3.42. The Labute approximate surface area is 94.8 Å². The molecule has 0 aromatic heterocycles. The van der Waals surface area contributed by atoms with Gasteiger partial charge in [-0.05, 0) is 51.0 Å². The highest BCUT2D eigenvalue weighted by Gasteiger charge is 2.29. The SMILES string of the molecule is CNC(CCCOCCC(C)C)C1CC1. The monoisotopic (exact) mass is 213 g/mol. The summed E-state index contributed by atoms with van der Waals surface area (Å²) < 4.78 is 5.61. The van der Waals surface area contributed by atoms with Crippen molar-refractivity contribution in [2.45, 2.75) is 52.0 Å². The summed E-state index contributed by atoms with van der Waals surface area (Å²) in [5.74, 6) is 1.73. The van der Waals surface area contributed by atoms with Crippen molar-refractivity contribution in [1.82, 2.24) is 5.32 Å². The molecular formula is C13H27NO. The highest BCUT2D eigenvalue weighted by atomic mass is 16.5. The Kier molecular flexibility index (Phi) is 6.26. The largest absolute Gasteiger partial charge is 0.381 e. The van der Waals surface area contributed by atoms with E-state index >= 15 is 0 Å². The van der Waals surface area contributed by atoms with Gasteiger partial charge in [0.1, 0.15) is 0 Å². The minimum Gasteiger partial charge on any atom is -0.381 e. The Hall–Kier alpha value is -0.0800. The minimum absolute atomic E-state index is 0.749. The van der Waals surface area contributed by atoms with Crippen LogP contribution >= 0.6 is 0 Å². The van der Waals surface area contributed by atoms with Crippen molar-refractivity contribution < 1.29 is 4.74 Å². The van der Waals surface area contributed by atoms with Crippen LogP contribution in [0.5, 0.6) is 0 Å². The van der Waals surface area contributed by atoms with E-state index in [1.165, 1.54) is 32.1 Å². The zero-order chi connectivity index (χ0) is 11.1. The smallest absolute Gasteiger partial charge is 0.0468 e. The van der Waals surface area contributed by atoms with Crippen molar-refractivity contribution in [2.24, 2.45) is 11.8 Å². The standard InChI is InChI=1S/C13H27NO/c1-11(2)8-10-15-9-4-5-13(14-3)12-6-7-12/h11-14H,4-10H2,1-3H3. The van der Waals surface area contributed by atoms with E-state index < -0.39 is 0 Å². The van der Waals surface area contributed by atoms with Gasteiger partial charge >= 0.3 is 0 Å². The Morgan fingerprint density at radius 1 is 1.20 bits per heavy atom. The summed E-state index contributed by atoms with van der Waals surface area (Å²) in [6, 6.07) is 0.749. The Balaban J connectivity index is 1.87. The van der Waals surface area contributed by atoms with Crippen LogP contribution in [0.4, 0.5) is 0 Å². The fourth-order valence-corrected chi connectivity index (χ4v) is 1.94. The van der Waals surface area contributed by atoms with Crippen LogP contribution in [0.3, 0.4) is 0 Å². The predicted molar refractivity (Wildman–Crippen MR) is 65.1 cm³/mol. The van der Waals surface area contributed by atoms with Gasteiger partial charge in [-0.25, -0.2) is 0 Å².